The number of halogens is 1. The minimum Gasteiger partial charge on any atom is -0.497 e. The van der Waals surface area contributed by atoms with Crippen LogP contribution in [0.3, 0.4) is 0 Å². The molecule has 1 heterocycles. The molecule has 4 N–H and O–H groups in total. The summed E-state index contributed by atoms with van der Waals surface area (Å²) in [5, 5.41) is 11.0. The zero-order valence-electron chi connectivity index (χ0n) is 21.8. The van der Waals surface area contributed by atoms with Crippen LogP contribution in [0.5, 0.6) is 5.75 Å². The number of hydrogen-bond acceptors (Lipinski definition) is 5. The molecule has 3 aromatic carbocycles. The monoisotopic (exact) mass is 543 g/mol. The van der Waals surface area contributed by atoms with Crippen LogP contribution in [-0.2, 0) is 13.1 Å². The van der Waals surface area contributed by atoms with Crippen LogP contribution in [0.4, 0.5) is 0 Å². The Kier molecular flexibility index (Phi) is 9.50. The van der Waals surface area contributed by atoms with Gasteiger partial charge in [-0.2, -0.15) is 4.99 Å². The lowest BCUT2D eigenvalue weighted by molar-refractivity contribution is 0.100. The number of methoxy groups -OCH3 is 1. The Morgan fingerprint density at radius 2 is 1.79 bits per heavy atom. The quantitative estimate of drug-likeness (QED) is 0.140. The summed E-state index contributed by atoms with van der Waals surface area (Å²) in [6.45, 7) is 3.37. The van der Waals surface area contributed by atoms with Crippen LogP contribution in [0, 0.1) is 6.92 Å². The highest BCUT2D eigenvalue weighted by molar-refractivity contribution is 6.30. The second kappa shape index (κ2) is 13.4. The second-order valence-corrected chi connectivity index (χ2v) is 9.19. The van der Waals surface area contributed by atoms with Gasteiger partial charge in [0.25, 0.3) is 5.91 Å². The molecule has 0 atom stereocenters. The standard InChI is InChI=1S/C30H30ClN5O3/c1-20-27(28(36-39-20)24-10-12-26(38-2)13-11-24)29(37)35-30(32)34-19-23-15-22(16-25(31)17-23)18-33-14-6-9-21-7-4-3-5-8-21/h3-13,15-17,33H,14,18-19H2,1-2H3,(H3,32,34,35,37)/b9-6+. The van der Waals surface area contributed by atoms with E-state index in [4.69, 9.17) is 26.6 Å². The summed E-state index contributed by atoms with van der Waals surface area (Å²) < 4.78 is 10.5. The van der Waals surface area contributed by atoms with E-state index in [1.807, 2.05) is 36.4 Å². The first-order chi connectivity index (χ1) is 18.9. The molecule has 0 aliphatic rings. The average molecular weight is 544 g/mol. The number of guanidine groups is 1. The number of hydrogen-bond donors (Lipinski definition) is 3. The molecule has 0 aliphatic carbocycles. The minimum atomic E-state index is -0.552. The number of nitrogens with one attached hydrogen (secondary N) is 2. The SMILES string of the molecule is COc1ccc(-c2noc(C)c2C(=O)N=C(N)NCc2cc(Cl)cc(CNC/C=C/c3ccccc3)c2)cc1. The maximum absolute atomic E-state index is 13.0. The molecule has 8 nitrogen and oxygen atoms in total. The van der Waals surface area contributed by atoms with Gasteiger partial charge < -0.3 is 25.6 Å². The molecule has 9 heteroatoms. The predicted octanol–water partition coefficient (Wildman–Crippen LogP) is 5.36. The third-order valence-electron chi connectivity index (χ3n) is 5.85. The highest BCUT2D eigenvalue weighted by Gasteiger charge is 2.21. The molecule has 0 fully saturated rings. The van der Waals surface area contributed by atoms with Gasteiger partial charge in [-0.05, 0) is 60.0 Å². The van der Waals surface area contributed by atoms with Gasteiger partial charge in [-0.15, -0.1) is 0 Å². The molecule has 0 saturated carbocycles. The number of aromatic nitrogens is 1. The van der Waals surface area contributed by atoms with Crippen LogP contribution < -0.4 is 21.1 Å². The van der Waals surface area contributed by atoms with Gasteiger partial charge in [-0.3, -0.25) is 4.79 Å². The molecule has 0 saturated heterocycles. The highest BCUT2D eigenvalue weighted by atomic mass is 35.5. The minimum absolute atomic E-state index is 0.0213. The number of aliphatic imine (C=N–C) groups is 1. The third kappa shape index (κ3) is 7.80. The largest absolute Gasteiger partial charge is 0.497 e. The summed E-state index contributed by atoms with van der Waals surface area (Å²) in [4.78, 5) is 17.0. The van der Waals surface area contributed by atoms with Crippen molar-refractivity contribution in [2.45, 2.75) is 20.0 Å². The molecular formula is C30H30ClN5O3. The first kappa shape index (κ1) is 27.6. The number of aryl methyl sites for hydroxylation is 1. The second-order valence-electron chi connectivity index (χ2n) is 8.76. The summed E-state index contributed by atoms with van der Waals surface area (Å²) in [7, 11) is 1.59. The van der Waals surface area contributed by atoms with Gasteiger partial charge >= 0.3 is 0 Å². The lowest BCUT2D eigenvalue weighted by Gasteiger charge is -2.09. The maximum Gasteiger partial charge on any atom is 0.286 e. The number of benzene rings is 3. The Bertz CT molecular complexity index is 1460. The van der Waals surface area contributed by atoms with E-state index in [1.54, 1.807) is 38.3 Å². The average Bonchev–Trinajstić information content (AvgIpc) is 3.33. The van der Waals surface area contributed by atoms with Crippen LogP contribution in [0.1, 0.15) is 32.8 Å². The number of carbonyl (C=O) groups excluding carboxylic acids is 1. The molecule has 200 valence electrons. The van der Waals surface area contributed by atoms with Crippen molar-refractivity contribution in [1.29, 1.82) is 0 Å². The number of ether oxygens (including phenoxy) is 1. The highest BCUT2D eigenvalue weighted by Crippen LogP contribution is 2.27. The number of carbonyl (C=O) groups is 1. The summed E-state index contributed by atoms with van der Waals surface area (Å²) in [6.07, 6.45) is 4.15. The van der Waals surface area contributed by atoms with Crippen molar-refractivity contribution >= 4 is 29.5 Å². The molecule has 1 amide bonds. The summed E-state index contributed by atoms with van der Waals surface area (Å²) >= 11 is 6.34. The number of amides is 1. The van der Waals surface area contributed by atoms with Crippen LogP contribution in [0.15, 0.2) is 88.4 Å². The zero-order chi connectivity index (χ0) is 27.6. The van der Waals surface area contributed by atoms with Crippen molar-refractivity contribution in [3.05, 3.63) is 112 Å². The molecule has 0 radical (unpaired) electrons. The third-order valence-corrected chi connectivity index (χ3v) is 6.07. The Balaban J connectivity index is 1.35. The van der Waals surface area contributed by atoms with Gasteiger partial charge in [0.15, 0.2) is 5.96 Å². The topological polar surface area (TPSA) is 115 Å². The Hall–Kier alpha value is -4.40. The van der Waals surface area contributed by atoms with Crippen molar-refractivity contribution in [2.75, 3.05) is 13.7 Å². The predicted molar refractivity (Wildman–Crippen MR) is 155 cm³/mol. The van der Waals surface area contributed by atoms with Gasteiger partial charge in [-0.1, -0.05) is 65.3 Å². The molecule has 0 bridgehead atoms. The van der Waals surface area contributed by atoms with Crippen LogP contribution >= 0.6 is 11.6 Å². The maximum atomic E-state index is 13.0. The lowest BCUT2D eigenvalue weighted by Crippen LogP contribution is -2.32. The number of nitrogens with two attached hydrogens (primary N) is 1. The van der Waals surface area contributed by atoms with E-state index in [1.165, 1.54) is 0 Å². The smallest absolute Gasteiger partial charge is 0.286 e. The van der Waals surface area contributed by atoms with Crippen LogP contribution in [0.2, 0.25) is 5.02 Å². The van der Waals surface area contributed by atoms with Crippen molar-refractivity contribution in [3.8, 4) is 17.0 Å². The Morgan fingerprint density at radius 1 is 1.08 bits per heavy atom. The van der Waals surface area contributed by atoms with E-state index >= 15 is 0 Å². The van der Waals surface area contributed by atoms with E-state index in [0.29, 0.717) is 40.9 Å². The van der Waals surface area contributed by atoms with E-state index in [9.17, 15) is 4.79 Å². The zero-order valence-corrected chi connectivity index (χ0v) is 22.5. The fourth-order valence-corrected chi connectivity index (χ4v) is 4.23. The first-order valence-corrected chi connectivity index (χ1v) is 12.7. The van der Waals surface area contributed by atoms with E-state index in [-0.39, 0.29) is 11.5 Å². The van der Waals surface area contributed by atoms with Crippen molar-refractivity contribution in [3.63, 3.8) is 0 Å². The normalized spacial score (nSPS) is 11.6. The number of rotatable bonds is 10. The van der Waals surface area contributed by atoms with Gasteiger partial charge in [0, 0.05) is 30.2 Å². The molecule has 4 rings (SSSR count). The lowest BCUT2D eigenvalue weighted by atomic mass is 10.1. The molecule has 0 unspecified atom stereocenters. The molecule has 4 aromatic rings. The van der Waals surface area contributed by atoms with Crippen LogP contribution in [0.25, 0.3) is 17.3 Å². The fraction of sp³-hybridized carbons (Fsp3) is 0.167. The summed E-state index contributed by atoms with van der Waals surface area (Å²) in [5.41, 5.74) is 10.5. The number of nitrogens with zero attached hydrogens (tertiary/aromatic N) is 2. The van der Waals surface area contributed by atoms with E-state index in [2.05, 4.69) is 45.1 Å². The first-order valence-electron chi connectivity index (χ1n) is 12.4. The van der Waals surface area contributed by atoms with Crippen molar-refractivity contribution < 1.29 is 14.1 Å². The van der Waals surface area contributed by atoms with Gasteiger partial charge in [-0.25, -0.2) is 0 Å². The van der Waals surface area contributed by atoms with Crippen molar-refractivity contribution in [2.24, 2.45) is 10.7 Å². The molecule has 39 heavy (non-hydrogen) atoms. The Morgan fingerprint density at radius 3 is 2.51 bits per heavy atom. The van der Waals surface area contributed by atoms with Gasteiger partial charge in [0.05, 0.1) is 7.11 Å². The van der Waals surface area contributed by atoms with E-state index in [0.717, 1.165) is 23.2 Å². The molecule has 1 aromatic heterocycles. The Labute approximate surface area is 232 Å². The fourth-order valence-electron chi connectivity index (χ4n) is 3.95. The summed E-state index contributed by atoms with van der Waals surface area (Å²) in [5.74, 6) is 0.474. The van der Waals surface area contributed by atoms with Gasteiger partial charge in [0.2, 0.25) is 0 Å². The molecule has 0 aliphatic heterocycles. The summed E-state index contributed by atoms with van der Waals surface area (Å²) in [6, 6.07) is 23.1. The van der Waals surface area contributed by atoms with E-state index < -0.39 is 5.91 Å². The van der Waals surface area contributed by atoms with Crippen molar-refractivity contribution in [1.82, 2.24) is 15.8 Å². The van der Waals surface area contributed by atoms with Crippen LogP contribution in [-0.4, -0.2) is 30.7 Å². The molecular weight excluding hydrogens is 514 g/mol. The molecule has 0 spiro atoms. The van der Waals surface area contributed by atoms with Gasteiger partial charge in [0.1, 0.15) is 22.8 Å².